The molecule has 1 aromatic carbocycles. The molecule has 27 heavy (non-hydrogen) atoms. The Morgan fingerprint density at radius 3 is 2.85 bits per heavy atom. The highest BCUT2D eigenvalue weighted by Gasteiger charge is 2.22. The lowest BCUT2D eigenvalue weighted by Crippen LogP contribution is -2.19. The van der Waals surface area contributed by atoms with E-state index in [1.54, 1.807) is 23.0 Å². The van der Waals surface area contributed by atoms with Crippen LogP contribution in [-0.4, -0.2) is 23.3 Å². The maximum atomic E-state index is 12.8. The SMILES string of the molecule is CCOc1ccc(/C=C2\CCn3c2nc2sc(CC)cc2c3=O)cc1OC. The van der Waals surface area contributed by atoms with Crippen LogP contribution in [0.5, 0.6) is 11.5 Å². The zero-order chi connectivity index (χ0) is 19.0. The van der Waals surface area contributed by atoms with Gasteiger partial charge in [0, 0.05) is 11.4 Å². The van der Waals surface area contributed by atoms with Crippen molar-refractivity contribution >= 4 is 33.2 Å². The van der Waals surface area contributed by atoms with Gasteiger partial charge >= 0.3 is 0 Å². The maximum Gasteiger partial charge on any atom is 0.262 e. The molecule has 0 spiro atoms. The number of thiophene rings is 1. The van der Waals surface area contributed by atoms with Crippen LogP contribution in [0, 0.1) is 0 Å². The van der Waals surface area contributed by atoms with E-state index in [-0.39, 0.29) is 5.56 Å². The molecular formula is C21H22N2O3S. The molecule has 0 radical (unpaired) electrons. The lowest BCUT2D eigenvalue weighted by atomic mass is 10.1. The normalized spacial score (nSPS) is 14.7. The van der Waals surface area contributed by atoms with Gasteiger partial charge in [0.2, 0.25) is 0 Å². The van der Waals surface area contributed by atoms with Crippen molar-refractivity contribution in [2.75, 3.05) is 13.7 Å². The van der Waals surface area contributed by atoms with E-state index in [0.717, 1.165) is 45.8 Å². The Morgan fingerprint density at radius 1 is 1.26 bits per heavy atom. The summed E-state index contributed by atoms with van der Waals surface area (Å²) in [4.78, 5) is 19.7. The van der Waals surface area contributed by atoms with Gasteiger partial charge in [-0.2, -0.15) is 0 Å². The first-order valence-corrected chi connectivity index (χ1v) is 10.0. The number of hydrogen-bond acceptors (Lipinski definition) is 5. The molecular weight excluding hydrogens is 360 g/mol. The summed E-state index contributed by atoms with van der Waals surface area (Å²) in [7, 11) is 1.64. The average molecular weight is 382 g/mol. The predicted molar refractivity (Wildman–Crippen MR) is 110 cm³/mol. The van der Waals surface area contributed by atoms with Crippen LogP contribution in [0.25, 0.3) is 21.9 Å². The summed E-state index contributed by atoms with van der Waals surface area (Å²) in [5.41, 5.74) is 2.15. The second-order valence-electron chi connectivity index (χ2n) is 6.44. The summed E-state index contributed by atoms with van der Waals surface area (Å²) in [6.07, 6.45) is 3.81. The summed E-state index contributed by atoms with van der Waals surface area (Å²) in [5, 5.41) is 0.740. The molecule has 4 rings (SSSR count). The monoisotopic (exact) mass is 382 g/mol. The van der Waals surface area contributed by atoms with Gasteiger partial charge in [0.25, 0.3) is 5.56 Å². The van der Waals surface area contributed by atoms with E-state index in [1.165, 1.54) is 4.88 Å². The molecule has 3 aromatic rings. The molecule has 0 aliphatic carbocycles. The number of fused-ring (bicyclic) bond motifs is 2. The van der Waals surface area contributed by atoms with Gasteiger partial charge in [-0.05, 0) is 55.2 Å². The minimum absolute atomic E-state index is 0.0682. The smallest absolute Gasteiger partial charge is 0.262 e. The maximum absolute atomic E-state index is 12.8. The van der Waals surface area contributed by atoms with Crippen LogP contribution in [0.2, 0.25) is 0 Å². The van der Waals surface area contributed by atoms with Crippen LogP contribution < -0.4 is 15.0 Å². The van der Waals surface area contributed by atoms with Gasteiger partial charge in [0.05, 0.1) is 19.1 Å². The van der Waals surface area contributed by atoms with Crippen molar-refractivity contribution in [2.45, 2.75) is 33.2 Å². The van der Waals surface area contributed by atoms with E-state index < -0.39 is 0 Å². The fraction of sp³-hybridized carbons (Fsp3) is 0.333. The van der Waals surface area contributed by atoms with E-state index in [1.807, 2.05) is 31.2 Å². The molecule has 5 nitrogen and oxygen atoms in total. The summed E-state index contributed by atoms with van der Waals surface area (Å²) in [5.74, 6) is 2.22. The first-order chi connectivity index (χ1) is 13.1. The molecule has 6 heteroatoms. The molecule has 0 bridgehead atoms. The quantitative estimate of drug-likeness (QED) is 0.657. The number of ether oxygens (including phenoxy) is 2. The highest BCUT2D eigenvalue weighted by molar-refractivity contribution is 7.18. The largest absolute Gasteiger partial charge is 0.493 e. The molecule has 140 valence electrons. The second kappa shape index (κ2) is 7.19. The van der Waals surface area contributed by atoms with Gasteiger partial charge in [-0.25, -0.2) is 4.98 Å². The van der Waals surface area contributed by atoms with Crippen molar-refractivity contribution in [3.8, 4) is 11.5 Å². The number of benzene rings is 1. The third kappa shape index (κ3) is 3.14. The molecule has 3 heterocycles. The molecule has 2 aromatic heterocycles. The molecule has 0 atom stereocenters. The van der Waals surface area contributed by atoms with E-state index in [9.17, 15) is 4.79 Å². The number of rotatable bonds is 5. The van der Waals surface area contributed by atoms with Crippen LogP contribution in [0.3, 0.4) is 0 Å². The third-order valence-electron chi connectivity index (χ3n) is 4.77. The van der Waals surface area contributed by atoms with E-state index in [2.05, 4.69) is 13.0 Å². The number of hydrogen-bond donors (Lipinski definition) is 0. The predicted octanol–water partition coefficient (Wildman–Crippen LogP) is 4.37. The van der Waals surface area contributed by atoms with Crippen LogP contribution in [0.15, 0.2) is 29.1 Å². The molecule has 0 amide bonds. The molecule has 1 aliphatic rings. The number of allylic oxidation sites excluding steroid dienone is 1. The summed E-state index contributed by atoms with van der Waals surface area (Å²) in [6.45, 7) is 5.31. The van der Waals surface area contributed by atoms with Crippen molar-refractivity contribution in [1.29, 1.82) is 0 Å². The minimum Gasteiger partial charge on any atom is -0.493 e. The minimum atomic E-state index is 0.0682. The lowest BCUT2D eigenvalue weighted by molar-refractivity contribution is 0.311. The lowest BCUT2D eigenvalue weighted by Gasteiger charge is -2.10. The Balaban J connectivity index is 1.77. The Bertz CT molecular complexity index is 1090. The molecule has 0 unspecified atom stereocenters. The first kappa shape index (κ1) is 17.8. The van der Waals surface area contributed by atoms with Gasteiger partial charge in [-0.15, -0.1) is 11.3 Å². The highest BCUT2D eigenvalue weighted by Crippen LogP contribution is 2.33. The van der Waals surface area contributed by atoms with Crippen molar-refractivity contribution in [3.05, 3.63) is 50.9 Å². The topological polar surface area (TPSA) is 53.4 Å². The summed E-state index contributed by atoms with van der Waals surface area (Å²) < 4.78 is 12.8. The summed E-state index contributed by atoms with van der Waals surface area (Å²) >= 11 is 1.61. The molecule has 0 saturated heterocycles. The van der Waals surface area contributed by atoms with E-state index in [4.69, 9.17) is 14.5 Å². The van der Waals surface area contributed by atoms with Crippen molar-refractivity contribution < 1.29 is 9.47 Å². The molecule has 1 aliphatic heterocycles. The second-order valence-corrected chi connectivity index (χ2v) is 7.56. The Labute approximate surface area is 161 Å². The van der Waals surface area contributed by atoms with Gasteiger partial charge in [-0.3, -0.25) is 9.36 Å². The molecule has 0 N–H and O–H groups in total. The van der Waals surface area contributed by atoms with Gasteiger partial charge in [-0.1, -0.05) is 13.0 Å². The highest BCUT2D eigenvalue weighted by atomic mass is 32.1. The summed E-state index contributed by atoms with van der Waals surface area (Å²) in [6, 6.07) is 7.86. The fourth-order valence-electron chi connectivity index (χ4n) is 3.42. The van der Waals surface area contributed by atoms with Crippen LogP contribution in [-0.2, 0) is 13.0 Å². The molecule has 0 fully saturated rings. The van der Waals surface area contributed by atoms with Crippen LogP contribution in [0.4, 0.5) is 0 Å². The van der Waals surface area contributed by atoms with Crippen molar-refractivity contribution in [3.63, 3.8) is 0 Å². The third-order valence-corrected chi connectivity index (χ3v) is 5.94. The van der Waals surface area contributed by atoms with E-state index >= 15 is 0 Å². The number of aryl methyl sites for hydroxylation is 1. The van der Waals surface area contributed by atoms with Crippen LogP contribution in [0.1, 0.15) is 36.5 Å². The van der Waals surface area contributed by atoms with Crippen molar-refractivity contribution in [1.82, 2.24) is 9.55 Å². The zero-order valence-electron chi connectivity index (χ0n) is 15.7. The first-order valence-electron chi connectivity index (χ1n) is 9.19. The van der Waals surface area contributed by atoms with Gasteiger partial charge in [0.1, 0.15) is 10.7 Å². The van der Waals surface area contributed by atoms with Crippen LogP contribution >= 0.6 is 11.3 Å². The molecule has 0 saturated carbocycles. The van der Waals surface area contributed by atoms with Crippen molar-refractivity contribution in [2.24, 2.45) is 0 Å². The number of methoxy groups -OCH3 is 1. The average Bonchev–Trinajstić information content (AvgIpc) is 3.28. The Hall–Kier alpha value is -2.60. The van der Waals surface area contributed by atoms with E-state index in [0.29, 0.717) is 18.9 Å². The zero-order valence-corrected chi connectivity index (χ0v) is 16.6. The standard InChI is InChI=1S/C21H22N2O3S/c1-4-15-12-16-20(27-15)22-19-14(8-9-23(19)21(16)24)10-13-6-7-17(26-5-2)18(11-13)25-3/h6-7,10-12H,4-5,8-9H2,1-3H3/b14-10+. The fourth-order valence-corrected chi connectivity index (χ4v) is 4.38. The Kier molecular flexibility index (Phi) is 4.74. The Morgan fingerprint density at radius 2 is 2.11 bits per heavy atom. The van der Waals surface area contributed by atoms with Gasteiger partial charge in [0.15, 0.2) is 11.5 Å². The number of nitrogens with zero attached hydrogens (tertiary/aromatic N) is 2. The number of aromatic nitrogens is 2. The van der Waals surface area contributed by atoms with Gasteiger partial charge < -0.3 is 9.47 Å².